The third-order valence-corrected chi connectivity index (χ3v) is 4.27. The maximum absolute atomic E-state index is 12.4. The van der Waals surface area contributed by atoms with Crippen molar-refractivity contribution in [3.05, 3.63) is 0 Å². The predicted octanol–water partition coefficient (Wildman–Crippen LogP) is -0.146. The van der Waals surface area contributed by atoms with Crippen LogP contribution in [0.3, 0.4) is 0 Å². The molecule has 1 rings (SSSR count). The first-order valence-corrected chi connectivity index (χ1v) is 6.76. The molecule has 2 N–H and O–H groups in total. The predicted molar refractivity (Wildman–Crippen MR) is 53.7 cm³/mol. The van der Waals surface area contributed by atoms with E-state index in [2.05, 4.69) is 0 Å². The van der Waals surface area contributed by atoms with E-state index in [9.17, 15) is 21.6 Å². The number of rotatable bonds is 3. The van der Waals surface area contributed by atoms with Crippen molar-refractivity contribution in [3.63, 3.8) is 0 Å². The Morgan fingerprint density at radius 1 is 1.25 bits per heavy atom. The maximum atomic E-state index is 12.4. The number of alkyl halides is 3. The minimum atomic E-state index is -4.31. The van der Waals surface area contributed by atoms with E-state index >= 15 is 0 Å². The summed E-state index contributed by atoms with van der Waals surface area (Å²) < 4.78 is 59.4. The summed E-state index contributed by atoms with van der Waals surface area (Å²) in [6.07, 6.45) is -4.31. The smallest absolute Gasteiger partial charge is 0.330 e. The molecular weight excluding hydrogens is 245 g/mol. The third-order valence-electron chi connectivity index (χ3n) is 2.66. The van der Waals surface area contributed by atoms with Crippen LogP contribution in [0.1, 0.15) is 0 Å². The first-order valence-electron chi connectivity index (χ1n) is 4.94. The second-order valence-electron chi connectivity index (χ2n) is 3.93. The Labute approximate surface area is 92.5 Å². The average Bonchev–Trinajstić information content (AvgIpc) is 2.14. The second kappa shape index (κ2) is 4.89. The van der Waals surface area contributed by atoms with Gasteiger partial charge in [0.05, 0.1) is 17.4 Å². The number of nitrogens with two attached hydrogens (primary N) is 1. The normalized spacial score (nSPS) is 24.2. The molecule has 1 atom stereocenters. The van der Waals surface area contributed by atoms with Crippen molar-refractivity contribution in [1.29, 1.82) is 0 Å². The van der Waals surface area contributed by atoms with Crippen LogP contribution in [0.15, 0.2) is 0 Å². The molecule has 0 amide bonds. The third kappa shape index (κ3) is 3.91. The lowest BCUT2D eigenvalue weighted by Crippen LogP contribution is -2.46. The Hall–Kier alpha value is -0.340. The van der Waals surface area contributed by atoms with Gasteiger partial charge in [-0.3, -0.25) is 0 Å². The van der Waals surface area contributed by atoms with Gasteiger partial charge >= 0.3 is 6.18 Å². The van der Waals surface area contributed by atoms with Crippen LogP contribution in [-0.2, 0) is 9.84 Å². The average molecular weight is 260 g/mol. The van der Waals surface area contributed by atoms with Crippen LogP contribution in [0.25, 0.3) is 0 Å². The molecule has 0 unspecified atom stereocenters. The van der Waals surface area contributed by atoms with Crippen molar-refractivity contribution in [2.24, 2.45) is 11.7 Å². The van der Waals surface area contributed by atoms with Crippen molar-refractivity contribution in [1.82, 2.24) is 4.90 Å². The number of nitrogens with zero attached hydrogens (tertiary/aromatic N) is 1. The summed E-state index contributed by atoms with van der Waals surface area (Å²) in [6.45, 7) is -0.355. The standard InChI is InChI=1S/C8H15F3N2O2S/c9-8(10,11)7(5-12)6-13-1-3-16(14,15)4-2-13/h7H,1-6,12H2/t7-/m0/s1. The molecule has 1 saturated heterocycles. The maximum Gasteiger partial charge on any atom is 0.394 e. The quantitative estimate of drug-likeness (QED) is 0.767. The zero-order chi connectivity index (χ0) is 12.4. The number of hydrogen-bond acceptors (Lipinski definition) is 4. The lowest BCUT2D eigenvalue weighted by atomic mass is 10.1. The Morgan fingerprint density at radius 2 is 1.75 bits per heavy atom. The van der Waals surface area contributed by atoms with E-state index in [1.165, 1.54) is 4.90 Å². The van der Waals surface area contributed by atoms with E-state index in [0.717, 1.165) is 0 Å². The Bertz CT molecular complexity index is 315. The van der Waals surface area contributed by atoms with E-state index in [4.69, 9.17) is 5.73 Å². The first kappa shape index (κ1) is 13.7. The molecule has 16 heavy (non-hydrogen) atoms. The molecule has 0 spiro atoms. The topological polar surface area (TPSA) is 63.4 Å². The Kier molecular flexibility index (Phi) is 4.19. The van der Waals surface area contributed by atoms with Crippen LogP contribution in [0.4, 0.5) is 13.2 Å². The van der Waals surface area contributed by atoms with Gasteiger partial charge in [0, 0.05) is 26.2 Å². The molecule has 8 heteroatoms. The molecule has 0 saturated carbocycles. The first-order chi connectivity index (χ1) is 7.24. The van der Waals surface area contributed by atoms with Gasteiger partial charge in [0.15, 0.2) is 9.84 Å². The summed E-state index contributed by atoms with van der Waals surface area (Å²) in [4.78, 5) is 1.51. The van der Waals surface area contributed by atoms with Gasteiger partial charge in [-0.05, 0) is 0 Å². The molecule has 1 heterocycles. The van der Waals surface area contributed by atoms with Crippen LogP contribution in [0, 0.1) is 5.92 Å². The minimum Gasteiger partial charge on any atom is -0.330 e. The Balaban J connectivity index is 2.50. The summed E-state index contributed by atoms with van der Waals surface area (Å²) in [6, 6.07) is 0. The molecule has 4 nitrogen and oxygen atoms in total. The summed E-state index contributed by atoms with van der Waals surface area (Å²) >= 11 is 0. The van der Waals surface area contributed by atoms with Crippen molar-refractivity contribution in [3.8, 4) is 0 Å². The molecule has 1 aliphatic rings. The monoisotopic (exact) mass is 260 g/mol. The summed E-state index contributed by atoms with van der Waals surface area (Å²) in [7, 11) is -3.05. The van der Waals surface area contributed by atoms with Crippen molar-refractivity contribution >= 4 is 9.84 Å². The molecule has 0 aromatic heterocycles. The molecule has 0 aromatic carbocycles. The van der Waals surface area contributed by atoms with E-state index in [-0.39, 0.29) is 31.1 Å². The molecule has 1 aliphatic heterocycles. The van der Waals surface area contributed by atoms with Gasteiger partial charge in [0.1, 0.15) is 0 Å². The van der Waals surface area contributed by atoms with Gasteiger partial charge in [-0.2, -0.15) is 13.2 Å². The van der Waals surface area contributed by atoms with Gasteiger partial charge in [0.2, 0.25) is 0 Å². The van der Waals surface area contributed by atoms with Crippen molar-refractivity contribution in [2.75, 3.05) is 37.7 Å². The highest BCUT2D eigenvalue weighted by atomic mass is 32.2. The van der Waals surface area contributed by atoms with Gasteiger partial charge in [0.25, 0.3) is 0 Å². The highest BCUT2D eigenvalue weighted by Crippen LogP contribution is 2.26. The lowest BCUT2D eigenvalue weighted by molar-refractivity contribution is -0.176. The van der Waals surface area contributed by atoms with Crippen LogP contribution >= 0.6 is 0 Å². The lowest BCUT2D eigenvalue weighted by Gasteiger charge is -2.30. The zero-order valence-corrected chi connectivity index (χ0v) is 9.52. The fourth-order valence-electron chi connectivity index (χ4n) is 1.56. The highest BCUT2D eigenvalue weighted by molar-refractivity contribution is 7.91. The Morgan fingerprint density at radius 3 is 2.12 bits per heavy atom. The SMILES string of the molecule is NC[C@@H](CN1CCS(=O)(=O)CC1)C(F)(F)F. The van der Waals surface area contributed by atoms with Crippen LogP contribution in [0.2, 0.25) is 0 Å². The van der Waals surface area contributed by atoms with E-state index in [1.807, 2.05) is 0 Å². The van der Waals surface area contributed by atoms with E-state index in [0.29, 0.717) is 0 Å². The summed E-state index contributed by atoms with van der Waals surface area (Å²) in [5.74, 6) is -1.71. The molecule has 0 bridgehead atoms. The molecular formula is C8H15F3N2O2S. The second-order valence-corrected chi connectivity index (χ2v) is 6.23. The molecule has 0 aromatic rings. The largest absolute Gasteiger partial charge is 0.394 e. The summed E-state index contributed by atoms with van der Waals surface area (Å²) in [5.41, 5.74) is 5.06. The van der Waals surface area contributed by atoms with Gasteiger partial charge in [-0.25, -0.2) is 8.42 Å². The van der Waals surface area contributed by atoms with Crippen LogP contribution in [-0.4, -0.2) is 57.2 Å². The van der Waals surface area contributed by atoms with Crippen LogP contribution in [0.5, 0.6) is 0 Å². The summed E-state index contributed by atoms with van der Waals surface area (Å²) in [5, 5.41) is 0. The number of halogens is 3. The minimum absolute atomic E-state index is 0.0673. The van der Waals surface area contributed by atoms with Gasteiger partial charge in [-0.15, -0.1) is 0 Å². The molecule has 0 radical (unpaired) electrons. The van der Waals surface area contributed by atoms with Gasteiger partial charge in [-0.1, -0.05) is 0 Å². The zero-order valence-electron chi connectivity index (χ0n) is 8.70. The molecule has 96 valence electrons. The van der Waals surface area contributed by atoms with Crippen molar-refractivity contribution < 1.29 is 21.6 Å². The fraction of sp³-hybridized carbons (Fsp3) is 1.00. The fourth-order valence-corrected chi connectivity index (χ4v) is 2.83. The molecule has 0 aliphatic carbocycles. The van der Waals surface area contributed by atoms with Crippen LogP contribution < -0.4 is 5.73 Å². The van der Waals surface area contributed by atoms with E-state index in [1.54, 1.807) is 0 Å². The van der Waals surface area contributed by atoms with Crippen molar-refractivity contribution in [2.45, 2.75) is 6.18 Å². The van der Waals surface area contributed by atoms with E-state index < -0.39 is 28.5 Å². The number of hydrogen-bond donors (Lipinski definition) is 1. The molecule has 1 fully saturated rings. The highest BCUT2D eigenvalue weighted by Gasteiger charge is 2.40. The van der Waals surface area contributed by atoms with Gasteiger partial charge < -0.3 is 10.6 Å². The number of sulfone groups is 1.